The lowest BCUT2D eigenvalue weighted by atomic mass is 10.1. The molecule has 0 heterocycles. The topological polar surface area (TPSA) is 96.5 Å². The molecule has 0 saturated heterocycles. The van der Waals surface area contributed by atoms with Crippen molar-refractivity contribution in [2.45, 2.75) is 46.3 Å². The van der Waals surface area contributed by atoms with Gasteiger partial charge in [0.25, 0.3) is 5.91 Å². The van der Waals surface area contributed by atoms with E-state index in [1.807, 2.05) is 38.1 Å². The SMILES string of the molecule is CCc1ccc(CNC(=O)c2ccccc2NC(=O)C(=O)NCCCOC(C)C)cc1. The fraction of sp³-hybridized carbons (Fsp3) is 0.375. The number of ether oxygens (including phenoxy) is 1. The molecule has 166 valence electrons. The van der Waals surface area contributed by atoms with E-state index in [0.29, 0.717) is 31.7 Å². The molecule has 0 aliphatic heterocycles. The highest BCUT2D eigenvalue weighted by Gasteiger charge is 2.17. The molecular weight excluding hydrogens is 394 g/mol. The van der Waals surface area contributed by atoms with Crippen LogP contribution in [0.3, 0.4) is 0 Å². The smallest absolute Gasteiger partial charge is 0.313 e. The summed E-state index contributed by atoms with van der Waals surface area (Å²) in [5.74, 6) is -1.90. The van der Waals surface area contributed by atoms with Crippen molar-refractivity contribution >= 4 is 23.4 Å². The van der Waals surface area contributed by atoms with Gasteiger partial charge in [0.15, 0.2) is 0 Å². The fourth-order valence-corrected chi connectivity index (χ4v) is 2.81. The van der Waals surface area contributed by atoms with E-state index in [4.69, 9.17) is 4.74 Å². The third-order valence-corrected chi connectivity index (χ3v) is 4.57. The zero-order chi connectivity index (χ0) is 22.6. The summed E-state index contributed by atoms with van der Waals surface area (Å²) in [5.41, 5.74) is 2.78. The number of para-hydroxylation sites is 1. The molecule has 0 bridgehead atoms. The van der Waals surface area contributed by atoms with E-state index in [1.165, 1.54) is 5.56 Å². The van der Waals surface area contributed by atoms with Gasteiger partial charge in [-0.25, -0.2) is 0 Å². The highest BCUT2D eigenvalue weighted by atomic mass is 16.5. The van der Waals surface area contributed by atoms with Crippen LogP contribution >= 0.6 is 0 Å². The first-order valence-electron chi connectivity index (χ1n) is 10.6. The van der Waals surface area contributed by atoms with Crippen molar-refractivity contribution in [3.63, 3.8) is 0 Å². The van der Waals surface area contributed by atoms with Gasteiger partial charge in [-0.3, -0.25) is 14.4 Å². The van der Waals surface area contributed by atoms with E-state index < -0.39 is 11.8 Å². The Balaban J connectivity index is 1.89. The van der Waals surface area contributed by atoms with Crippen LogP contribution in [0.1, 0.15) is 48.7 Å². The van der Waals surface area contributed by atoms with Crippen LogP contribution in [0.25, 0.3) is 0 Å². The van der Waals surface area contributed by atoms with Gasteiger partial charge in [0.05, 0.1) is 17.4 Å². The average molecular weight is 426 g/mol. The first-order chi connectivity index (χ1) is 14.9. The maximum Gasteiger partial charge on any atom is 0.313 e. The van der Waals surface area contributed by atoms with Crippen LogP contribution in [0.2, 0.25) is 0 Å². The molecule has 2 aromatic rings. The first kappa shape index (κ1) is 24.1. The van der Waals surface area contributed by atoms with Gasteiger partial charge in [-0.05, 0) is 49.9 Å². The summed E-state index contributed by atoms with van der Waals surface area (Å²) in [7, 11) is 0. The zero-order valence-corrected chi connectivity index (χ0v) is 18.4. The number of nitrogens with one attached hydrogen (secondary N) is 3. The predicted octanol–water partition coefficient (Wildman–Crippen LogP) is 3.05. The van der Waals surface area contributed by atoms with Crippen molar-refractivity contribution in [1.29, 1.82) is 0 Å². The van der Waals surface area contributed by atoms with Gasteiger partial charge >= 0.3 is 11.8 Å². The van der Waals surface area contributed by atoms with Gasteiger partial charge in [-0.1, -0.05) is 43.3 Å². The van der Waals surface area contributed by atoms with Crippen molar-refractivity contribution in [2.75, 3.05) is 18.5 Å². The van der Waals surface area contributed by atoms with Gasteiger partial charge in [-0.15, -0.1) is 0 Å². The minimum absolute atomic E-state index is 0.123. The lowest BCUT2D eigenvalue weighted by Gasteiger charge is -2.12. The second kappa shape index (κ2) is 12.5. The molecule has 0 aliphatic rings. The van der Waals surface area contributed by atoms with E-state index >= 15 is 0 Å². The number of carbonyl (C=O) groups excluding carboxylic acids is 3. The second-order valence-electron chi connectivity index (χ2n) is 7.38. The van der Waals surface area contributed by atoms with Crippen molar-refractivity contribution in [3.8, 4) is 0 Å². The van der Waals surface area contributed by atoms with Crippen LogP contribution in [0.5, 0.6) is 0 Å². The maximum atomic E-state index is 12.6. The molecular formula is C24H31N3O4. The molecule has 2 rings (SSSR count). The standard InChI is InChI=1S/C24H31N3O4/c1-4-18-10-12-19(13-11-18)16-26-22(28)20-8-5-6-9-21(20)27-24(30)23(29)25-14-7-15-31-17(2)3/h5-6,8-13,17H,4,7,14-16H2,1-3H3,(H,25,29)(H,26,28)(H,27,30). The van der Waals surface area contributed by atoms with Crippen LogP contribution in [-0.2, 0) is 27.3 Å². The summed E-state index contributed by atoms with van der Waals surface area (Å²) < 4.78 is 5.39. The minimum Gasteiger partial charge on any atom is -0.379 e. The van der Waals surface area contributed by atoms with E-state index in [9.17, 15) is 14.4 Å². The van der Waals surface area contributed by atoms with Crippen LogP contribution in [-0.4, -0.2) is 37.0 Å². The van der Waals surface area contributed by atoms with Crippen molar-refractivity contribution < 1.29 is 19.1 Å². The molecule has 0 fully saturated rings. The molecule has 0 spiro atoms. The van der Waals surface area contributed by atoms with Gasteiger partial charge in [0.2, 0.25) is 0 Å². The number of hydrogen-bond acceptors (Lipinski definition) is 4. The Morgan fingerprint density at radius 2 is 1.58 bits per heavy atom. The van der Waals surface area contributed by atoms with Crippen molar-refractivity contribution in [3.05, 3.63) is 65.2 Å². The van der Waals surface area contributed by atoms with Crippen LogP contribution in [0.15, 0.2) is 48.5 Å². The summed E-state index contributed by atoms with van der Waals surface area (Å²) in [4.78, 5) is 36.9. The largest absolute Gasteiger partial charge is 0.379 e. The Morgan fingerprint density at radius 1 is 0.903 bits per heavy atom. The van der Waals surface area contributed by atoms with E-state index in [2.05, 4.69) is 22.9 Å². The highest BCUT2D eigenvalue weighted by Crippen LogP contribution is 2.15. The number of benzene rings is 2. The molecule has 0 unspecified atom stereocenters. The molecule has 7 heteroatoms. The molecule has 3 amide bonds. The highest BCUT2D eigenvalue weighted by molar-refractivity contribution is 6.40. The minimum atomic E-state index is -0.819. The Labute approximate surface area is 183 Å². The lowest BCUT2D eigenvalue weighted by Crippen LogP contribution is -2.36. The Bertz CT molecular complexity index is 879. The summed E-state index contributed by atoms with van der Waals surface area (Å²) in [6.07, 6.45) is 1.69. The summed E-state index contributed by atoms with van der Waals surface area (Å²) in [6.45, 7) is 7.15. The van der Waals surface area contributed by atoms with Crippen molar-refractivity contribution in [1.82, 2.24) is 10.6 Å². The summed E-state index contributed by atoms with van der Waals surface area (Å²) in [6, 6.07) is 14.6. The second-order valence-corrected chi connectivity index (χ2v) is 7.38. The molecule has 7 nitrogen and oxygen atoms in total. The quantitative estimate of drug-likeness (QED) is 0.403. The maximum absolute atomic E-state index is 12.6. The van der Waals surface area contributed by atoms with Crippen LogP contribution in [0, 0.1) is 0 Å². The van der Waals surface area contributed by atoms with Crippen LogP contribution in [0.4, 0.5) is 5.69 Å². The van der Waals surface area contributed by atoms with Gasteiger partial charge < -0.3 is 20.7 Å². The third-order valence-electron chi connectivity index (χ3n) is 4.57. The normalized spacial score (nSPS) is 10.6. The van der Waals surface area contributed by atoms with E-state index in [-0.39, 0.29) is 17.7 Å². The number of rotatable bonds is 10. The number of anilines is 1. The monoisotopic (exact) mass is 425 g/mol. The Kier molecular flexibility index (Phi) is 9.71. The molecule has 0 radical (unpaired) electrons. The third kappa shape index (κ3) is 8.22. The van der Waals surface area contributed by atoms with Crippen LogP contribution < -0.4 is 16.0 Å². The predicted molar refractivity (Wildman–Crippen MR) is 121 cm³/mol. The molecule has 2 aromatic carbocycles. The summed E-state index contributed by atoms with van der Waals surface area (Å²) in [5, 5.41) is 7.92. The van der Waals surface area contributed by atoms with E-state index in [0.717, 1.165) is 12.0 Å². The van der Waals surface area contributed by atoms with Gasteiger partial charge in [0, 0.05) is 19.7 Å². The molecule has 0 atom stereocenters. The molecule has 0 aliphatic carbocycles. The summed E-state index contributed by atoms with van der Waals surface area (Å²) >= 11 is 0. The fourth-order valence-electron chi connectivity index (χ4n) is 2.81. The van der Waals surface area contributed by atoms with Gasteiger partial charge in [-0.2, -0.15) is 0 Å². The molecule has 3 N–H and O–H groups in total. The van der Waals surface area contributed by atoms with Gasteiger partial charge in [0.1, 0.15) is 0 Å². The first-order valence-corrected chi connectivity index (χ1v) is 10.6. The molecule has 31 heavy (non-hydrogen) atoms. The molecule has 0 aromatic heterocycles. The number of amides is 3. The zero-order valence-electron chi connectivity index (χ0n) is 18.4. The van der Waals surface area contributed by atoms with E-state index in [1.54, 1.807) is 24.3 Å². The Hall–Kier alpha value is -3.19. The molecule has 0 saturated carbocycles. The number of carbonyl (C=O) groups is 3. The average Bonchev–Trinajstić information content (AvgIpc) is 2.77. The Morgan fingerprint density at radius 3 is 2.26 bits per heavy atom. The number of aryl methyl sites for hydroxylation is 1. The lowest BCUT2D eigenvalue weighted by molar-refractivity contribution is -0.136. The van der Waals surface area contributed by atoms with Crippen molar-refractivity contribution in [2.24, 2.45) is 0 Å². The number of hydrogen-bond donors (Lipinski definition) is 3.